The van der Waals surface area contributed by atoms with Crippen molar-refractivity contribution in [2.45, 2.75) is 25.9 Å². The van der Waals surface area contributed by atoms with Crippen molar-refractivity contribution < 1.29 is 4.42 Å². The van der Waals surface area contributed by atoms with Gasteiger partial charge in [0.2, 0.25) is 11.8 Å². The van der Waals surface area contributed by atoms with E-state index in [9.17, 15) is 0 Å². The van der Waals surface area contributed by atoms with Crippen molar-refractivity contribution in [3.05, 3.63) is 71.1 Å². The maximum Gasteiger partial charge on any atom is 0.247 e. The lowest BCUT2D eigenvalue weighted by Crippen LogP contribution is -2.23. The van der Waals surface area contributed by atoms with E-state index in [1.807, 2.05) is 61.5 Å². The zero-order valence-electron chi connectivity index (χ0n) is 13.0. The Morgan fingerprint density at radius 1 is 0.913 bits per heavy atom. The van der Waals surface area contributed by atoms with Crippen molar-refractivity contribution >= 4 is 11.6 Å². The van der Waals surface area contributed by atoms with E-state index < -0.39 is 0 Å². The van der Waals surface area contributed by atoms with Crippen LogP contribution in [0.15, 0.2) is 59.0 Å². The maximum atomic E-state index is 6.24. The van der Waals surface area contributed by atoms with Crippen LogP contribution in [-0.4, -0.2) is 10.2 Å². The molecule has 2 aromatic carbocycles. The van der Waals surface area contributed by atoms with Crippen LogP contribution < -0.4 is 5.32 Å². The molecule has 3 rings (SSSR count). The summed E-state index contributed by atoms with van der Waals surface area (Å²) >= 11 is 6.24. The van der Waals surface area contributed by atoms with Crippen LogP contribution >= 0.6 is 11.6 Å². The van der Waals surface area contributed by atoms with Crippen LogP contribution in [0.2, 0.25) is 5.02 Å². The lowest BCUT2D eigenvalue weighted by molar-refractivity contribution is 0.395. The molecule has 0 radical (unpaired) electrons. The van der Waals surface area contributed by atoms with Gasteiger partial charge in [-0.25, -0.2) is 0 Å². The largest absolute Gasteiger partial charge is 0.419 e. The molecule has 1 heterocycles. The van der Waals surface area contributed by atoms with Crippen molar-refractivity contribution in [1.29, 1.82) is 0 Å². The molecule has 0 aliphatic heterocycles. The molecule has 3 aromatic rings. The number of nitrogens with one attached hydrogen (secondary N) is 1. The van der Waals surface area contributed by atoms with E-state index in [2.05, 4.69) is 22.4 Å². The predicted octanol–water partition coefficient (Wildman–Crippen LogP) is 4.80. The summed E-state index contributed by atoms with van der Waals surface area (Å²) in [6.45, 7) is 4.06. The molecule has 118 valence electrons. The van der Waals surface area contributed by atoms with Crippen LogP contribution in [0.1, 0.15) is 37.4 Å². The van der Waals surface area contributed by atoms with E-state index in [1.54, 1.807) is 0 Å². The first-order chi connectivity index (χ1) is 11.1. The Hall–Kier alpha value is -2.17. The van der Waals surface area contributed by atoms with E-state index >= 15 is 0 Å². The Morgan fingerprint density at radius 2 is 1.61 bits per heavy atom. The van der Waals surface area contributed by atoms with Crippen LogP contribution in [-0.2, 0) is 0 Å². The summed E-state index contributed by atoms with van der Waals surface area (Å²) in [5.74, 6) is 1.09. The molecule has 0 aliphatic carbocycles. The van der Waals surface area contributed by atoms with Gasteiger partial charge >= 0.3 is 0 Å². The third kappa shape index (κ3) is 3.60. The molecule has 0 saturated heterocycles. The standard InChI is InChI=1S/C18H18ClN3O/c1-12(15-10-6-7-11-16(15)19)20-13(2)17-21-22-18(23-17)14-8-4-3-5-9-14/h3-13,20H,1-2H3/t12-,13+/m1/s1. The summed E-state index contributed by atoms with van der Waals surface area (Å²) in [5, 5.41) is 12.5. The number of halogens is 1. The average molecular weight is 328 g/mol. The molecule has 0 amide bonds. The molecule has 0 spiro atoms. The zero-order valence-corrected chi connectivity index (χ0v) is 13.8. The van der Waals surface area contributed by atoms with E-state index in [0.717, 1.165) is 16.1 Å². The smallest absolute Gasteiger partial charge is 0.247 e. The minimum atomic E-state index is -0.0776. The van der Waals surface area contributed by atoms with Crippen molar-refractivity contribution in [3.63, 3.8) is 0 Å². The maximum absolute atomic E-state index is 6.24. The monoisotopic (exact) mass is 327 g/mol. The van der Waals surface area contributed by atoms with Gasteiger partial charge in [-0.3, -0.25) is 5.32 Å². The first-order valence-corrected chi connectivity index (χ1v) is 7.92. The second-order valence-electron chi connectivity index (χ2n) is 5.44. The number of aromatic nitrogens is 2. The summed E-state index contributed by atoms with van der Waals surface area (Å²) in [4.78, 5) is 0. The van der Waals surface area contributed by atoms with Crippen LogP contribution in [0.5, 0.6) is 0 Å². The number of benzene rings is 2. The van der Waals surface area contributed by atoms with Crippen molar-refractivity contribution in [3.8, 4) is 11.5 Å². The Balaban J connectivity index is 1.73. The molecular formula is C18H18ClN3O. The minimum absolute atomic E-state index is 0.0748. The first-order valence-electron chi connectivity index (χ1n) is 7.54. The van der Waals surface area contributed by atoms with Gasteiger partial charge in [-0.05, 0) is 37.6 Å². The molecule has 0 unspecified atom stereocenters. The molecule has 1 aromatic heterocycles. The summed E-state index contributed by atoms with van der Waals surface area (Å²) in [6, 6.07) is 17.5. The predicted molar refractivity (Wildman–Crippen MR) is 91.2 cm³/mol. The van der Waals surface area contributed by atoms with Crippen molar-refractivity contribution in [2.75, 3.05) is 0 Å². The lowest BCUT2D eigenvalue weighted by atomic mass is 10.1. The van der Waals surface area contributed by atoms with Crippen molar-refractivity contribution in [1.82, 2.24) is 15.5 Å². The highest BCUT2D eigenvalue weighted by molar-refractivity contribution is 6.31. The minimum Gasteiger partial charge on any atom is -0.419 e. The van der Waals surface area contributed by atoms with Crippen molar-refractivity contribution in [2.24, 2.45) is 0 Å². The fourth-order valence-electron chi connectivity index (χ4n) is 2.47. The number of nitrogens with zero attached hydrogens (tertiary/aromatic N) is 2. The van der Waals surface area contributed by atoms with Crippen LogP contribution in [0.3, 0.4) is 0 Å². The molecular weight excluding hydrogens is 310 g/mol. The van der Waals surface area contributed by atoms with Gasteiger partial charge in [0.25, 0.3) is 0 Å². The second kappa shape index (κ2) is 6.94. The fraction of sp³-hybridized carbons (Fsp3) is 0.222. The first kappa shape index (κ1) is 15.7. The van der Waals surface area contributed by atoms with E-state index in [0.29, 0.717) is 11.8 Å². The quantitative estimate of drug-likeness (QED) is 0.731. The Morgan fingerprint density at radius 3 is 2.35 bits per heavy atom. The van der Waals surface area contributed by atoms with Gasteiger partial charge in [-0.1, -0.05) is 48.0 Å². The normalized spacial score (nSPS) is 13.7. The fourth-order valence-corrected chi connectivity index (χ4v) is 2.77. The molecule has 23 heavy (non-hydrogen) atoms. The van der Waals surface area contributed by atoms with Gasteiger partial charge in [0.15, 0.2) is 0 Å². The van der Waals surface area contributed by atoms with Crippen LogP contribution in [0, 0.1) is 0 Å². The molecule has 0 fully saturated rings. The van der Waals surface area contributed by atoms with Gasteiger partial charge in [-0.15, -0.1) is 10.2 Å². The zero-order chi connectivity index (χ0) is 16.2. The van der Waals surface area contributed by atoms with Crippen LogP contribution in [0.4, 0.5) is 0 Å². The van der Waals surface area contributed by atoms with Gasteiger partial charge in [0.05, 0.1) is 6.04 Å². The highest BCUT2D eigenvalue weighted by Gasteiger charge is 2.18. The molecule has 4 nitrogen and oxygen atoms in total. The lowest BCUT2D eigenvalue weighted by Gasteiger charge is -2.18. The van der Waals surface area contributed by atoms with Gasteiger partial charge < -0.3 is 4.42 Å². The van der Waals surface area contributed by atoms with E-state index in [4.69, 9.17) is 16.0 Å². The molecule has 5 heteroatoms. The summed E-state index contributed by atoms with van der Waals surface area (Å²) in [7, 11) is 0. The molecule has 2 atom stereocenters. The third-order valence-corrected chi connectivity index (χ3v) is 4.05. The SMILES string of the molecule is C[C@H](N[C@H](C)c1ccccc1Cl)c1nnc(-c2ccccc2)o1. The van der Waals surface area contributed by atoms with Gasteiger partial charge in [0, 0.05) is 16.6 Å². The number of hydrogen-bond acceptors (Lipinski definition) is 4. The topological polar surface area (TPSA) is 51.0 Å². The summed E-state index contributed by atoms with van der Waals surface area (Å²) in [6.07, 6.45) is 0. The highest BCUT2D eigenvalue weighted by Crippen LogP contribution is 2.26. The van der Waals surface area contributed by atoms with Gasteiger partial charge in [-0.2, -0.15) is 0 Å². The van der Waals surface area contributed by atoms with E-state index in [-0.39, 0.29) is 12.1 Å². The molecule has 0 saturated carbocycles. The summed E-state index contributed by atoms with van der Waals surface area (Å²) < 4.78 is 5.78. The Bertz CT molecular complexity index is 773. The Kier molecular flexibility index (Phi) is 4.74. The third-order valence-electron chi connectivity index (χ3n) is 3.70. The van der Waals surface area contributed by atoms with Crippen LogP contribution in [0.25, 0.3) is 11.5 Å². The molecule has 1 N–H and O–H groups in total. The second-order valence-corrected chi connectivity index (χ2v) is 5.85. The number of hydrogen-bond donors (Lipinski definition) is 1. The van der Waals surface area contributed by atoms with Gasteiger partial charge in [0.1, 0.15) is 0 Å². The highest BCUT2D eigenvalue weighted by atomic mass is 35.5. The Labute approximate surface area is 140 Å². The molecule has 0 bridgehead atoms. The summed E-state index contributed by atoms with van der Waals surface area (Å²) in [5.41, 5.74) is 1.96. The van der Waals surface area contributed by atoms with E-state index in [1.165, 1.54) is 0 Å². The number of rotatable bonds is 5. The molecule has 0 aliphatic rings. The average Bonchev–Trinajstić information content (AvgIpc) is 3.06.